The van der Waals surface area contributed by atoms with Crippen molar-refractivity contribution >= 4 is 55.9 Å². The first-order valence-electron chi connectivity index (χ1n) is 8.29. The molecule has 1 aliphatic rings. The highest BCUT2D eigenvalue weighted by molar-refractivity contribution is 8.00. The fourth-order valence-electron chi connectivity index (χ4n) is 2.88. The fourth-order valence-corrected chi connectivity index (χ4v) is 4.80. The zero-order chi connectivity index (χ0) is 18.1. The Hall–Kier alpha value is -2.38. The summed E-state index contributed by atoms with van der Waals surface area (Å²) in [6, 6.07) is 13.8. The van der Waals surface area contributed by atoms with Crippen molar-refractivity contribution in [2.45, 2.75) is 18.2 Å². The van der Waals surface area contributed by atoms with E-state index in [1.807, 2.05) is 43.3 Å². The van der Waals surface area contributed by atoms with Crippen LogP contribution in [0.15, 0.2) is 47.4 Å². The number of aryl methyl sites for hydroxylation is 1. The number of aromatic nitrogens is 1. The van der Waals surface area contributed by atoms with Gasteiger partial charge in [-0.15, -0.1) is 11.8 Å². The van der Waals surface area contributed by atoms with Crippen LogP contribution < -0.4 is 10.2 Å². The van der Waals surface area contributed by atoms with Crippen molar-refractivity contribution in [1.29, 1.82) is 0 Å². The first-order chi connectivity index (χ1) is 12.6. The van der Waals surface area contributed by atoms with E-state index in [2.05, 4.69) is 16.4 Å². The number of nitrogens with zero attached hydrogens (tertiary/aromatic N) is 2. The van der Waals surface area contributed by atoms with Crippen LogP contribution in [0.25, 0.3) is 10.2 Å². The van der Waals surface area contributed by atoms with Gasteiger partial charge >= 0.3 is 0 Å². The lowest BCUT2D eigenvalue weighted by molar-refractivity contribution is -0.117. The van der Waals surface area contributed by atoms with E-state index in [9.17, 15) is 9.59 Å². The lowest BCUT2D eigenvalue weighted by Crippen LogP contribution is -2.37. The molecule has 5 nitrogen and oxygen atoms in total. The zero-order valence-corrected chi connectivity index (χ0v) is 15.8. The van der Waals surface area contributed by atoms with E-state index in [4.69, 9.17) is 0 Å². The number of thiazole rings is 1. The molecule has 26 heavy (non-hydrogen) atoms. The maximum absolute atomic E-state index is 12.3. The minimum Gasteiger partial charge on any atom is -0.310 e. The van der Waals surface area contributed by atoms with E-state index in [-0.39, 0.29) is 18.2 Å². The molecule has 1 aromatic heterocycles. The van der Waals surface area contributed by atoms with Crippen molar-refractivity contribution in [3.05, 3.63) is 48.0 Å². The van der Waals surface area contributed by atoms with E-state index in [1.54, 1.807) is 16.7 Å². The van der Waals surface area contributed by atoms with Gasteiger partial charge in [0.2, 0.25) is 11.8 Å². The SMILES string of the molecule is Cc1ccc2nc(NC(=O)CCN3C(=O)CSc4ccccc43)sc2c1. The number of nitrogens with one attached hydrogen (secondary N) is 1. The highest BCUT2D eigenvalue weighted by Gasteiger charge is 2.24. The van der Waals surface area contributed by atoms with Gasteiger partial charge in [0.15, 0.2) is 5.13 Å². The topological polar surface area (TPSA) is 62.3 Å². The third-order valence-corrected chi connectivity index (χ3v) is 6.14. The fraction of sp³-hybridized carbons (Fsp3) is 0.211. The van der Waals surface area contributed by atoms with Crippen LogP contribution in [0.4, 0.5) is 10.8 Å². The Morgan fingerprint density at radius 3 is 3.00 bits per heavy atom. The van der Waals surface area contributed by atoms with Gasteiger partial charge in [0, 0.05) is 17.9 Å². The Morgan fingerprint density at radius 2 is 2.12 bits per heavy atom. The van der Waals surface area contributed by atoms with Crippen molar-refractivity contribution in [3.8, 4) is 0 Å². The summed E-state index contributed by atoms with van der Waals surface area (Å²) < 4.78 is 1.05. The first-order valence-corrected chi connectivity index (χ1v) is 10.1. The lowest BCUT2D eigenvalue weighted by atomic mass is 10.2. The molecule has 0 saturated carbocycles. The van der Waals surface area contributed by atoms with Crippen LogP contribution in [0.3, 0.4) is 0 Å². The molecule has 0 atom stereocenters. The molecule has 1 aliphatic heterocycles. The molecule has 2 amide bonds. The smallest absolute Gasteiger partial charge is 0.237 e. The highest BCUT2D eigenvalue weighted by atomic mass is 32.2. The molecule has 4 rings (SSSR count). The van der Waals surface area contributed by atoms with Crippen LogP contribution in [-0.4, -0.2) is 29.1 Å². The van der Waals surface area contributed by atoms with Gasteiger partial charge in [-0.05, 0) is 36.8 Å². The maximum atomic E-state index is 12.3. The number of hydrogen-bond acceptors (Lipinski definition) is 5. The third kappa shape index (κ3) is 3.45. The Morgan fingerprint density at radius 1 is 1.27 bits per heavy atom. The number of rotatable bonds is 4. The van der Waals surface area contributed by atoms with Gasteiger partial charge in [0.25, 0.3) is 0 Å². The van der Waals surface area contributed by atoms with Gasteiger partial charge in [-0.1, -0.05) is 29.5 Å². The average Bonchev–Trinajstić information content (AvgIpc) is 3.02. The quantitative estimate of drug-likeness (QED) is 0.738. The maximum Gasteiger partial charge on any atom is 0.237 e. The van der Waals surface area contributed by atoms with Gasteiger partial charge in [-0.25, -0.2) is 4.98 Å². The highest BCUT2D eigenvalue weighted by Crippen LogP contribution is 2.35. The molecule has 2 heterocycles. The second-order valence-corrected chi connectivity index (χ2v) is 8.14. The van der Waals surface area contributed by atoms with Crippen molar-refractivity contribution in [1.82, 2.24) is 4.98 Å². The molecule has 132 valence electrons. The summed E-state index contributed by atoms with van der Waals surface area (Å²) in [6.07, 6.45) is 0.236. The number of thioether (sulfide) groups is 1. The number of carbonyl (C=O) groups is 2. The van der Waals surface area contributed by atoms with Crippen LogP contribution in [0, 0.1) is 6.92 Å². The van der Waals surface area contributed by atoms with Crippen LogP contribution in [0.1, 0.15) is 12.0 Å². The average molecular weight is 383 g/mol. The Bertz CT molecular complexity index is 999. The molecular formula is C19H17N3O2S2. The molecular weight excluding hydrogens is 366 g/mol. The van der Waals surface area contributed by atoms with E-state index >= 15 is 0 Å². The van der Waals surface area contributed by atoms with E-state index in [1.165, 1.54) is 16.9 Å². The number of carbonyl (C=O) groups excluding carboxylic acids is 2. The summed E-state index contributed by atoms with van der Waals surface area (Å²) in [4.78, 5) is 31.8. The largest absolute Gasteiger partial charge is 0.310 e. The van der Waals surface area contributed by atoms with Gasteiger partial charge in [-0.2, -0.15) is 0 Å². The molecule has 0 unspecified atom stereocenters. The van der Waals surface area contributed by atoms with Crippen LogP contribution in [0.2, 0.25) is 0 Å². The molecule has 2 aromatic carbocycles. The Kier molecular flexibility index (Phi) is 4.65. The number of amides is 2. The molecule has 0 spiro atoms. The Labute approximate surface area is 159 Å². The van der Waals surface area contributed by atoms with Gasteiger partial charge in [0.1, 0.15) is 0 Å². The van der Waals surface area contributed by atoms with Gasteiger partial charge in [-0.3, -0.25) is 9.59 Å². The molecule has 0 aliphatic carbocycles. The Balaban J connectivity index is 1.43. The molecule has 0 radical (unpaired) electrons. The first kappa shape index (κ1) is 17.1. The van der Waals surface area contributed by atoms with E-state index in [0.29, 0.717) is 17.4 Å². The van der Waals surface area contributed by atoms with Crippen molar-refractivity contribution in [2.24, 2.45) is 0 Å². The van der Waals surface area contributed by atoms with E-state index in [0.717, 1.165) is 20.8 Å². The number of hydrogen-bond donors (Lipinski definition) is 1. The molecule has 0 saturated heterocycles. The summed E-state index contributed by atoms with van der Waals surface area (Å²) in [5.41, 5.74) is 2.93. The lowest BCUT2D eigenvalue weighted by Gasteiger charge is -2.28. The second-order valence-electron chi connectivity index (χ2n) is 6.09. The van der Waals surface area contributed by atoms with Crippen LogP contribution in [-0.2, 0) is 9.59 Å². The summed E-state index contributed by atoms with van der Waals surface area (Å²) >= 11 is 3.00. The zero-order valence-electron chi connectivity index (χ0n) is 14.2. The van der Waals surface area contributed by atoms with Crippen LogP contribution >= 0.6 is 23.1 Å². The van der Waals surface area contributed by atoms with Crippen LogP contribution in [0.5, 0.6) is 0 Å². The number of fused-ring (bicyclic) bond motifs is 2. The monoisotopic (exact) mass is 383 g/mol. The second kappa shape index (κ2) is 7.09. The molecule has 0 bridgehead atoms. The predicted molar refractivity (Wildman–Crippen MR) is 107 cm³/mol. The minimum absolute atomic E-state index is 0.0389. The van der Waals surface area contributed by atoms with Gasteiger partial charge < -0.3 is 10.2 Å². The third-order valence-electron chi connectivity index (χ3n) is 4.16. The summed E-state index contributed by atoms with van der Waals surface area (Å²) in [6.45, 7) is 2.40. The normalized spacial score (nSPS) is 13.7. The van der Waals surface area contributed by atoms with Crippen molar-refractivity contribution in [2.75, 3.05) is 22.5 Å². The molecule has 7 heteroatoms. The summed E-state index contributed by atoms with van der Waals surface area (Å²) in [7, 11) is 0. The van der Waals surface area contributed by atoms with Crippen molar-refractivity contribution < 1.29 is 9.59 Å². The number of para-hydroxylation sites is 1. The van der Waals surface area contributed by atoms with Crippen molar-refractivity contribution in [3.63, 3.8) is 0 Å². The molecule has 3 aromatic rings. The molecule has 1 N–H and O–H groups in total. The molecule has 0 fully saturated rings. The van der Waals surface area contributed by atoms with E-state index < -0.39 is 0 Å². The summed E-state index contributed by atoms with van der Waals surface area (Å²) in [5, 5.41) is 3.45. The number of benzene rings is 2. The standard InChI is InChI=1S/C19H17N3O2S2/c1-12-6-7-13-16(10-12)26-19(20-13)21-17(23)8-9-22-14-4-2-3-5-15(14)25-11-18(22)24/h2-7,10H,8-9,11H2,1H3,(H,20,21,23). The van der Waals surface area contributed by atoms with Gasteiger partial charge in [0.05, 0.1) is 21.7 Å². The minimum atomic E-state index is -0.135. The number of anilines is 2. The summed E-state index contributed by atoms with van der Waals surface area (Å²) in [5.74, 6) is 0.316. The predicted octanol–water partition coefficient (Wildman–Crippen LogP) is 4.07.